The van der Waals surface area contributed by atoms with Crippen molar-refractivity contribution in [2.75, 3.05) is 36.0 Å². The van der Waals surface area contributed by atoms with E-state index in [1.54, 1.807) is 0 Å². The number of benzene rings is 1. The van der Waals surface area contributed by atoms with Crippen LogP contribution in [0.1, 0.15) is 11.3 Å². The van der Waals surface area contributed by atoms with Crippen LogP contribution in [-0.4, -0.2) is 57.4 Å². The van der Waals surface area contributed by atoms with Crippen molar-refractivity contribution in [2.45, 2.75) is 6.92 Å². The van der Waals surface area contributed by atoms with E-state index in [-0.39, 0.29) is 0 Å². The average molecular weight is 399 g/mol. The van der Waals surface area contributed by atoms with Crippen molar-refractivity contribution in [2.24, 2.45) is 0 Å². The van der Waals surface area contributed by atoms with Gasteiger partial charge in [-0.1, -0.05) is 17.7 Å². The van der Waals surface area contributed by atoms with Crippen molar-refractivity contribution < 1.29 is 9.90 Å². The standard InChI is InChI=1S/C19H19ClN6O2/c1-12-2-3-13(20)10-15(12)25-6-8-26(9-7-25)19-17-14(4-5-16(27)28)23-24-18(17)21-11-22-19/h2-5,10-11H,6-9H2,1H3,(H,27,28)(H,21,22,23,24)/b5-4+. The second-order valence-electron chi connectivity index (χ2n) is 6.61. The van der Waals surface area contributed by atoms with Crippen LogP contribution in [0.5, 0.6) is 0 Å². The van der Waals surface area contributed by atoms with Gasteiger partial charge in [0.2, 0.25) is 0 Å². The lowest BCUT2D eigenvalue weighted by Crippen LogP contribution is -2.47. The number of fused-ring (bicyclic) bond motifs is 1. The minimum Gasteiger partial charge on any atom is -0.478 e. The number of H-pyrrole nitrogens is 1. The van der Waals surface area contributed by atoms with Gasteiger partial charge in [0.05, 0.1) is 11.1 Å². The lowest BCUT2D eigenvalue weighted by molar-refractivity contribution is -0.131. The highest BCUT2D eigenvalue weighted by Gasteiger charge is 2.23. The molecule has 0 unspecified atom stereocenters. The number of carboxylic acid groups (broad SMARTS) is 1. The first-order valence-electron chi connectivity index (χ1n) is 8.89. The number of hydrogen-bond donors (Lipinski definition) is 2. The summed E-state index contributed by atoms with van der Waals surface area (Å²) in [6.07, 6.45) is 4.04. The van der Waals surface area contributed by atoms with Gasteiger partial charge in [0, 0.05) is 43.0 Å². The van der Waals surface area contributed by atoms with Crippen molar-refractivity contribution in [3.63, 3.8) is 0 Å². The summed E-state index contributed by atoms with van der Waals surface area (Å²) >= 11 is 6.17. The van der Waals surface area contributed by atoms with E-state index in [4.69, 9.17) is 16.7 Å². The largest absolute Gasteiger partial charge is 0.478 e. The topological polar surface area (TPSA) is 98.2 Å². The molecule has 0 atom stereocenters. The van der Waals surface area contributed by atoms with Crippen LogP contribution in [0.3, 0.4) is 0 Å². The predicted molar refractivity (Wildman–Crippen MR) is 109 cm³/mol. The van der Waals surface area contributed by atoms with Crippen LogP contribution in [0.15, 0.2) is 30.6 Å². The number of aliphatic carboxylic acids is 1. The van der Waals surface area contributed by atoms with Crippen LogP contribution >= 0.6 is 11.6 Å². The average Bonchev–Trinajstić information content (AvgIpc) is 3.12. The molecular weight excluding hydrogens is 380 g/mol. The zero-order valence-corrected chi connectivity index (χ0v) is 16.0. The summed E-state index contributed by atoms with van der Waals surface area (Å²) in [6, 6.07) is 5.93. The molecule has 3 heterocycles. The van der Waals surface area contributed by atoms with Crippen molar-refractivity contribution in [3.8, 4) is 0 Å². The Kier molecular flexibility index (Phi) is 4.87. The van der Waals surface area contributed by atoms with Crippen molar-refractivity contribution in [1.29, 1.82) is 0 Å². The third-order valence-electron chi connectivity index (χ3n) is 4.84. The maximum absolute atomic E-state index is 10.9. The maximum atomic E-state index is 10.9. The molecule has 28 heavy (non-hydrogen) atoms. The molecule has 0 bridgehead atoms. The number of carbonyl (C=O) groups is 1. The number of nitrogens with one attached hydrogen (secondary N) is 1. The molecule has 2 N–H and O–H groups in total. The number of anilines is 2. The quantitative estimate of drug-likeness (QED) is 0.652. The number of rotatable bonds is 4. The fraction of sp³-hybridized carbons (Fsp3) is 0.263. The van der Waals surface area contributed by atoms with E-state index in [0.717, 1.165) is 54.2 Å². The number of aryl methyl sites for hydroxylation is 1. The Morgan fingerprint density at radius 1 is 1.21 bits per heavy atom. The molecule has 1 aliphatic rings. The number of hydrogen-bond acceptors (Lipinski definition) is 6. The highest BCUT2D eigenvalue weighted by Crippen LogP contribution is 2.29. The van der Waals surface area contributed by atoms with E-state index >= 15 is 0 Å². The Hall–Kier alpha value is -3.13. The van der Waals surface area contributed by atoms with Crippen LogP contribution < -0.4 is 9.80 Å². The van der Waals surface area contributed by atoms with Gasteiger partial charge in [-0.15, -0.1) is 0 Å². The first-order chi connectivity index (χ1) is 13.5. The molecule has 1 aromatic carbocycles. The highest BCUT2D eigenvalue weighted by molar-refractivity contribution is 6.30. The van der Waals surface area contributed by atoms with Crippen LogP contribution in [-0.2, 0) is 4.79 Å². The highest BCUT2D eigenvalue weighted by atomic mass is 35.5. The minimum absolute atomic E-state index is 0.517. The third-order valence-corrected chi connectivity index (χ3v) is 5.08. The molecule has 0 aliphatic carbocycles. The molecule has 144 valence electrons. The monoisotopic (exact) mass is 398 g/mol. The molecule has 0 amide bonds. The van der Waals surface area contributed by atoms with Crippen molar-refractivity contribution in [1.82, 2.24) is 20.2 Å². The molecule has 1 aliphatic heterocycles. The molecule has 2 aromatic heterocycles. The number of aromatic nitrogens is 4. The lowest BCUT2D eigenvalue weighted by Gasteiger charge is -2.37. The normalized spacial score (nSPS) is 14.9. The SMILES string of the molecule is Cc1ccc(Cl)cc1N1CCN(c2ncnc3n[nH]c(/C=C/C(=O)O)c23)CC1. The van der Waals surface area contributed by atoms with Crippen LogP contribution in [0.2, 0.25) is 5.02 Å². The summed E-state index contributed by atoms with van der Waals surface area (Å²) in [7, 11) is 0. The third kappa shape index (κ3) is 3.50. The summed E-state index contributed by atoms with van der Waals surface area (Å²) in [5, 5.41) is 17.4. The maximum Gasteiger partial charge on any atom is 0.328 e. The fourth-order valence-corrected chi connectivity index (χ4v) is 3.63. The fourth-order valence-electron chi connectivity index (χ4n) is 3.46. The second-order valence-corrected chi connectivity index (χ2v) is 7.05. The molecule has 9 heteroatoms. The summed E-state index contributed by atoms with van der Waals surface area (Å²) in [4.78, 5) is 24.0. The summed E-state index contributed by atoms with van der Waals surface area (Å²) in [6.45, 7) is 5.27. The number of aromatic amines is 1. The Bertz CT molecular complexity index is 1060. The van der Waals surface area contributed by atoms with Crippen LogP contribution in [0.4, 0.5) is 11.5 Å². The molecule has 0 spiro atoms. The Morgan fingerprint density at radius 2 is 1.96 bits per heavy atom. The smallest absolute Gasteiger partial charge is 0.328 e. The summed E-state index contributed by atoms with van der Waals surface area (Å²) in [5.41, 5.74) is 3.44. The predicted octanol–water partition coefficient (Wildman–Crippen LogP) is 2.74. The number of piperazine rings is 1. The van der Waals surface area contributed by atoms with Gasteiger partial charge in [-0.05, 0) is 30.7 Å². The molecule has 8 nitrogen and oxygen atoms in total. The first-order valence-corrected chi connectivity index (χ1v) is 9.27. The Morgan fingerprint density at radius 3 is 2.71 bits per heavy atom. The van der Waals surface area contributed by atoms with Crippen molar-refractivity contribution >= 4 is 46.2 Å². The minimum atomic E-state index is -1.02. The zero-order valence-electron chi connectivity index (χ0n) is 15.3. The van der Waals surface area contributed by atoms with E-state index in [2.05, 4.69) is 36.9 Å². The van der Waals surface area contributed by atoms with Gasteiger partial charge in [0.25, 0.3) is 0 Å². The molecule has 0 saturated carbocycles. The first kappa shape index (κ1) is 18.2. The zero-order chi connectivity index (χ0) is 19.7. The molecule has 4 rings (SSSR count). The van der Waals surface area contributed by atoms with Gasteiger partial charge in [0.1, 0.15) is 12.1 Å². The Labute approximate surface area is 166 Å². The van der Waals surface area contributed by atoms with E-state index in [9.17, 15) is 4.79 Å². The van der Waals surface area contributed by atoms with Crippen LogP contribution in [0.25, 0.3) is 17.1 Å². The number of carboxylic acids is 1. The molecule has 3 aromatic rings. The Balaban J connectivity index is 1.59. The van der Waals surface area contributed by atoms with Gasteiger partial charge in [-0.25, -0.2) is 14.8 Å². The van der Waals surface area contributed by atoms with E-state index in [0.29, 0.717) is 11.3 Å². The molecule has 1 saturated heterocycles. The van der Waals surface area contributed by atoms with E-state index in [1.807, 2.05) is 18.2 Å². The van der Waals surface area contributed by atoms with Gasteiger partial charge in [-0.2, -0.15) is 5.10 Å². The van der Waals surface area contributed by atoms with Crippen molar-refractivity contribution in [3.05, 3.63) is 46.9 Å². The molecule has 1 fully saturated rings. The van der Waals surface area contributed by atoms with Gasteiger partial charge < -0.3 is 14.9 Å². The van der Waals surface area contributed by atoms with E-state index < -0.39 is 5.97 Å². The lowest BCUT2D eigenvalue weighted by atomic mass is 10.1. The number of halogens is 1. The summed E-state index contributed by atoms with van der Waals surface area (Å²) in [5.74, 6) is -0.266. The van der Waals surface area contributed by atoms with Gasteiger partial charge in [-0.3, -0.25) is 5.10 Å². The van der Waals surface area contributed by atoms with Gasteiger partial charge in [0.15, 0.2) is 5.65 Å². The van der Waals surface area contributed by atoms with E-state index in [1.165, 1.54) is 18.0 Å². The molecular formula is C19H19ClN6O2. The molecule has 0 radical (unpaired) electrons. The second kappa shape index (κ2) is 7.47. The van der Waals surface area contributed by atoms with Crippen LogP contribution in [0, 0.1) is 6.92 Å². The summed E-state index contributed by atoms with van der Waals surface area (Å²) < 4.78 is 0. The number of nitrogens with zero attached hydrogens (tertiary/aromatic N) is 5. The van der Waals surface area contributed by atoms with Gasteiger partial charge >= 0.3 is 5.97 Å².